The number of hydrogen-bond acceptors (Lipinski definition) is 2. The van der Waals surface area contributed by atoms with Gasteiger partial charge in [-0.25, -0.2) is 0 Å². The van der Waals surface area contributed by atoms with Gasteiger partial charge in [-0.2, -0.15) is 4.80 Å². The molecule has 0 amide bonds. The average molecular weight is 323 g/mol. The molecule has 0 N–H and O–H groups in total. The summed E-state index contributed by atoms with van der Waals surface area (Å²) in [5.74, 6) is 0. The Labute approximate surface area is 146 Å². The fourth-order valence-electron chi connectivity index (χ4n) is 2.75. The van der Waals surface area contributed by atoms with E-state index in [9.17, 15) is 0 Å². The average Bonchev–Trinajstić information content (AvgIpc) is 3.15. The van der Waals surface area contributed by atoms with Crippen LogP contribution in [0.25, 0.3) is 22.5 Å². The molecule has 1 heterocycles. The van der Waals surface area contributed by atoms with E-state index in [-0.39, 0.29) is 0 Å². The molecule has 0 saturated carbocycles. The zero-order valence-corrected chi connectivity index (χ0v) is 13.7. The minimum Gasteiger partial charge on any atom is -0.150 e. The third kappa shape index (κ3) is 3.00. The van der Waals surface area contributed by atoms with E-state index in [1.54, 1.807) is 4.80 Å². The van der Waals surface area contributed by atoms with E-state index in [0.717, 1.165) is 33.8 Å². The molecule has 0 aliphatic rings. The lowest BCUT2D eigenvalue weighted by atomic mass is 10.0. The SMILES string of the molecule is C=C(c1ccccc1)c1nn(-c2ccccc2)nc1-c1ccccc1. The lowest BCUT2D eigenvalue weighted by Crippen LogP contribution is -1.98. The topological polar surface area (TPSA) is 30.7 Å². The maximum Gasteiger partial charge on any atom is 0.121 e. The summed E-state index contributed by atoms with van der Waals surface area (Å²) in [5, 5.41) is 9.48. The molecule has 4 rings (SSSR count). The van der Waals surface area contributed by atoms with Crippen molar-refractivity contribution in [2.45, 2.75) is 0 Å². The second-order valence-electron chi connectivity index (χ2n) is 5.73. The van der Waals surface area contributed by atoms with Crippen molar-refractivity contribution < 1.29 is 0 Å². The molecule has 0 saturated heterocycles. The van der Waals surface area contributed by atoms with Crippen molar-refractivity contribution in [2.75, 3.05) is 0 Å². The summed E-state index contributed by atoms with van der Waals surface area (Å²) in [6.45, 7) is 4.27. The van der Waals surface area contributed by atoms with Crippen molar-refractivity contribution in [3.63, 3.8) is 0 Å². The second-order valence-corrected chi connectivity index (χ2v) is 5.73. The minimum absolute atomic E-state index is 0.793. The van der Waals surface area contributed by atoms with E-state index >= 15 is 0 Å². The summed E-state index contributed by atoms with van der Waals surface area (Å²) < 4.78 is 0. The van der Waals surface area contributed by atoms with Crippen LogP contribution in [0.5, 0.6) is 0 Å². The minimum atomic E-state index is 0.793. The molecule has 0 aliphatic heterocycles. The van der Waals surface area contributed by atoms with Gasteiger partial charge in [-0.15, -0.1) is 10.2 Å². The van der Waals surface area contributed by atoms with Crippen molar-refractivity contribution in [1.82, 2.24) is 15.0 Å². The molecule has 0 atom stereocenters. The first-order valence-corrected chi connectivity index (χ1v) is 8.16. The summed E-state index contributed by atoms with van der Waals surface area (Å²) in [7, 11) is 0. The van der Waals surface area contributed by atoms with Crippen LogP contribution in [0.1, 0.15) is 11.3 Å². The van der Waals surface area contributed by atoms with Crippen LogP contribution >= 0.6 is 0 Å². The largest absolute Gasteiger partial charge is 0.150 e. The zero-order valence-electron chi connectivity index (χ0n) is 13.7. The van der Waals surface area contributed by atoms with Gasteiger partial charge < -0.3 is 0 Å². The van der Waals surface area contributed by atoms with Crippen molar-refractivity contribution in [2.24, 2.45) is 0 Å². The standard InChI is InChI=1S/C22H17N3/c1-17(18-11-5-2-6-12-18)21-22(19-13-7-3-8-14-19)24-25(23-21)20-15-9-4-10-16-20/h2-16H,1H2. The Kier molecular flexibility index (Phi) is 3.97. The highest BCUT2D eigenvalue weighted by Crippen LogP contribution is 2.29. The normalized spacial score (nSPS) is 10.6. The Morgan fingerprint density at radius 3 is 1.88 bits per heavy atom. The number of hydrogen-bond donors (Lipinski definition) is 0. The number of benzene rings is 3. The molecule has 3 heteroatoms. The van der Waals surface area contributed by atoms with Gasteiger partial charge in [-0.05, 0) is 17.7 Å². The first-order valence-electron chi connectivity index (χ1n) is 8.16. The van der Waals surface area contributed by atoms with Crippen LogP contribution in [-0.2, 0) is 0 Å². The zero-order chi connectivity index (χ0) is 17.1. The van der Waals surface area contributed by atoms with Crippen LogP contribution < -0.4 is 0 Å². The quantitative estimate of drug-likeness (QED) is 0.529. The van der Waals surface area contributed by atoms with Crippen molar-refractivity contribution >= 4 is 5.57 Å². The number of rotatable bonds is 4. The van der Waals surface area contributed by atoms with E-state index < -0.39 is 0 Å². The lowest BCUT2D eigenvalue weighted by molar-refractivity contribution is 0.751. The maximum atomic E-state index is 4.74. The lowest BCUT2D eigenvalue weighted by Gasteiger charge is -2.04. The Morgan fingerprint density at radius 2 is 1.24 bits per heavy atom. The molecule has 4 aromatic rings. The molecule has 120 valence electrons. The number of aromatic nitrogens is 3. The molecule has 0 unspecified atom stereocenters. The van der Waals surface area contributed by atoms with Gasteiger partial charge in [0.05, 0.1) is 5.69 Å². The van der Waals surface area contributed by atoms with Crippen molar-refractivity contribution in [3.8, 4) is 16.9 Å². The molecule has 3 aromatic carbocycles. The fourth-order valence-corrected chi connectivity index (χ4v) is 2.75. The van der Waals surface area contributed by atoms with Crippen LogP contribution in [0, 0.1) is 0 Å². The predicted molar refractivity (Wildman–Crippen MR) is 101 cm³/mol. The van der Waals surface area contributed by atoms with E-state index in [4.69, 9.17) is 10.2 Å². The molecule has 0 aliphatic carbocycles. The molecule has 25 heavy (non-hydrogen) atoms. The summed E-state index contributed by atoms with van der Waals surface area (Å²) in [5.41, 5.74) is 5.48. The van der Waals surface area contributed by atoms with E-state index in [0.29, 0.717) is 0 Å². The number of para-hydroxylation sites is 1. The molecule has 0 bridgehead atoms. The highest BCUT2D eigenvalue weighted by molar-refractivity contribution is 5.83. The molecular formula is C22H17N3. The second kappa shape index (κ2) is 6.57. The third-order valence-corrected chi connectivity index (χ3v) is 4.06. The van der Waals surface area contributed by atoms with Gasteiger partial charge in [0.1, 0.15) is 11.4 Å². The summed E-state index contributed by atoms with van der Waals surface area (Å²) in [4.78, 5) is 1.67. The van der Waals surface area contributed by atoms with Gasteiger partial charge in [0.15, 0.2) is 0 Å². The summed E-state index contributed by atoms with van der Waals surface area (Å²) in [6.07, 6.45) is 0. The predicted octanol–water partition coefficient (Wildman–Crippen LogP) is 5.00. The van der Waals surface area contributed by atoms with Crippen molar-refractivity contribution in [3.05, 3.63) is 109 Å². The van der Waals surface area contributed by atoms with E-state index in [1.807, 2.05) is 91.0 Å². The fraction of sp³-hybridized carbons (Fsp3) is 0. The molecule has 0 fully saturated rings. The van der Waals surface area contributed by atoms with Gasteiger partial charge in [0.25, 0.3) is 0 Å². The van der Waals surface area contributed by atoms with Crippen LogP contribution in [0.2, 0.25) is 0 Å². The molecular weight excluding hydrogens is 306 g/mol. The molecule has 0 spiro atoms. The third-order valence-electron chi connectivity index (χ3n) is 4.06. The van der Waals surface area contributed by atoms with Crippen molar-refractivity contribution in [1.29, 1.82) is 0 Å². The Bertz CT molecular complexity index is 987. The molecule has 0 radical (unpaired) electrons. The van der Waals surface area contributed by atoms with Crippen LogP contribution in [0.3, 0.4) is 0 Å². The van der Waals surface area contributed by atoms with Gasteiger partial charge >= 0.3 is 0 Å². The maximum absolute atomic E-state index is 4.74. The van der Waals surface area contributed by atoms with Gasteiger partial charge in [0, 0.05) is 11.1 Å². The van der Waals surface area contributed by atoms with Gasteiger partial charge in [0.2, 0.25) is 0 Å². The van der Waals surface area contributed by atoms with Crippen LogP contribution in [0.15, 0.2) is 97.6 Å². The summed E-state index contributed by atoms with van der Waals surface area (Å²) in [6, 6.07) is 30.1. The monoisotopic (exact) mass is 323 g/mol. The Morgan fingerprint density at radius 1 is 0.680 bits per heavy atom. The van der Waals surface area contributed by atoms with Gasteiger partial charge in [-0.3, -0.25) is 0 Å². The highest BCUT2D eigenvalue weighted by Gasteiger charge is 2.17. The van der Waals surface area contributed by atoms with E-state index in [2.05, 4.69) is 6.58 Å². The highest BCUT2D eigenvalue weighted by atomic mass is 15.5. The number of nitrogens with zero attached hydrogens (tertiary/aromatic N) is 3. The molecule has 1 aromatic heterocycles. The first kappa shape index (κ1) is 15.1. The molecule has 3 nitrogen and oxygen atoms in total. The summed E-state index contributed by atoms with van der Waals surface area (Å²) >= 11 is 0. The van der Waals surface area contributed by atoms with Crippen LogP contribution in [-0.4, -0.2) is 15.0 Å². The van der Waals surface area contributed by atoms with Crippen LogP contribution in [0.4, 0.5) is 0 Å². The smallest absolute Gasteiger partial charge is 0.121 e. The van der Waals surface area contributed by atoms with Gasteiger partial charge in [-0.1, -0.05) is 85.4 Å². The first-order chi connectivity index (χ1) is 12.3. The Balaban J connectivity index is 1.87. The van der Waals surface area contributed by atoms with E-state index in [1.165, 1.54) is 0 Å². The Hall–Kier alpha value is -3.46.